The zero-order valence-corrected chi connectivity index (χ0v) is 16.2. The largest absolute Gasteiger partial charge is 0.497 e. The number of hydrogen-bond acceptors (Lipinski definition) is 5. The van der Waals surface area contributed by atoms with Crippen LogP contribution >= 0.6 is 0 Å². The number of ether oxygens (including phenoxy) is 3. The Balaban J connectivity index is 1.85. The molecule has 0 aromatic heterocycles. The van der Waals surface area contributed by atoms with Crippen molar-refractivity contribution in [1.82, 2.24) is 9.80 Å². The van der Waals surface area contributed by atoms with Gasteiger partial charge in [-0.25, -0.2) is 4.79 Å². The summed E-state index contributed by atoms with van der Waals surface area (Å²) in [5.41, 5.74) is 0.735. The number of methoxy groups -OCH3 is 2. The first-order valence-electron chi connectivity index (χ1n) is 8.95. The highest BCUT2D eigenvalue weighted by atomic mass is 16.6. The maximum atomic E-state index is 12.6. The summed E-state index contributed by atoms with van der Waals surface area (Å²) in [5.74, 6) is 1.10. The number of nitrogens with zero attached hydrogens (tertiary/aromatic N) is 2. The van der Waals surface area contributed by atoms with Gasteiger partial charge in [0.15, 0.2) is 6.10 Å². The first-order chi connectivity index (χ1) is 13.4. The van der Waals surface area contributed by atoms with Crippen molar-refractivity contribution in [2.45, 2.75) is 17.7 Å². The van der Waals surface area contributed by atoms with Crippen LogP contribution in [0.2, 0.25) is 0 Å². The number of imide groups is 1. The topological polar surface area (TPSA) is 68.3 Å². The Morgan fingerprint density at radius 1 is 0.857 bits per heavy atom. The third-order valence-electron chi connectivity index (χ3n) is 5.63. The third-order valence-corrected chi connectivity index (χ3v) is 5.63. The molecule has 0 aliphatic carbocycles. The standard InChI is InChI=1S/C21H22N2O5/c1-22-18-17(19(24)23(2)20(22)25)28-21(18,13-5-9-15(26-3)10-6-13)14-7-11-16(27-4)12-8-14/h5-12,17-18H,1-4H3/t17-,18-/m1/s1. The summed E-state index contributed by atoms with van der Waals surface area (Å²) in [6, 6.07) is 14.2. The summed E-state index contributed by atoms with van der Waals surface area (Å²) in [5, 5.41) is 0. The lowest BCUT2D eigenvalue weighted by molar-refractivity contribution is -0.247. The molecular formula is C21H22N2O5. The van der Waals surface area contributed by atoms with Crippen molar-refractivity contribution in [2.75, 3.05) is 28.3 Å². The molecule has 2 aromatic carbocycles. The second kappa shape index (κ2) is 6.53. The van der Waals surface area contributed by atoms with Crippen LogP contribution in [0.4, 0.5) is 4.79 Å². The van der Waals surface area contributed by atoms with Crippen LogP contribution in [0, 0.1) is 0 Å². The maximum Gasteiger partial charge on any atom is 0.326 e. The summed E-state index contributed by atoms with van der Waals surface area (Å²) >= 11 is 0. The fourth-order valence-electron chi connectivity index (χ4n) is 4.10. The molecule has 0 radical (unpaired) electrons. The van der Waals surface area contributed by atoms with E-state index >= 15 is 0 Å². The maximum absolute atomic E-state index is 12.6. The summed E-state index contributed by atoms with van der Waals surface area (Å²) in [6.07, 6.45) is -0.711. The van der Waals surface area contributed by atoms with Gasteiger partial charge in [0.1, 0.15) is 23.1 Å². The van der Waals surface area contributed by atoms with Crippen LogP contribution in [0.15, 0.2) is 48.5 Å². The molecule has 2 fully saturated rings. The van der Waals surface area contributed by atoms with Gasteiger partial charge in [-0.15, -0.1) is 0 Å². The molecule has 146 valence electrons. The smallest absolute Gasteiger partial charge is 0.326 e. The third kappa shape index (κ3) is 2.39. The predicted molar refractivity (Wildman–Crippen MR) is 101 cm³/mol. The summed E-state index contributed by atoms with van der Waals surface area (Å²) < 4.78 is 16.8. The van der Waals surface area contributed by atoms with Crippen molar-refractivity contribution in [1.29, 1.82) is 0 Å². The highest BCUT2D eigenvalue weighted by molar-refractivity contribution is 6.00. The van der Waals surface area contributed by atoms with Gasteiger partial charge in [0.05, 0.1) is 14.2 Å². The molecule has 0 bridgehead atoms. The van der Waals surface area contributed by atoms with Gasteiger partial charge in [-0.2, -0.15) is 0 Å². The van der Waals surface area contributed by atoms with Crippen molar-refractivity contribution < 1.29 is 23.8 Å². The molecule has 2 saturated heterocycles. The molecule has 0 N–H and O–H groups in total. The van der Waals surface area contributed by atoms with Crippen LogP contribution < -0.4 is 9.47 Å². The molecule has 0 saturated carbocycles. The van der Waals surface area contributed by atoms with Gasteiger partial charge in [-0.1, -0.05) is 24.3 Å². The lowest BCUT2D eigenvalue weighted by Crippen LogP contribution is -2.77. The molecule has 7 heteroatoms. The van der Waals surface area contributed by atoms with Crippen molar-refractivity contribution in [2.24, 2.45) is 0 Å². The van der Waals surface area contributed by atoms with E-state index in [0.29, 0.717) is 11.5 Å². The van der Waals surface area contributed by atoms with E-state index in [0.717, 1.165) is 16.0 Å². The number of hydrogen-bond donors (Lipinski definition) is 0. The number of carbonyl (C=O) groups is 2. The molecule has 0 spiro atoms. The number of fused-ring (bicyclic) bond motifs is 1. The number of rotatable bonds is 4. The van der Waals surface area contributed by atoms with Gasteiger partial charge < -0.3 is 19.1 Å². The lowest BCUT2D eigenvalue weighted by atomic mass is 9.71. The monoisotopic (exact) mass is 382 g/mol. The molecule has 2 aliphatic rings. The van der Waals surface area contributed by atoms with Crippen LogP contribution in [-0.4, -0.2) is 62.2 Å². The van der Waals surface area contributed by atoms with Crippen LogP contribution in [0.1, 0.15) is 11.1 Å². The van der Waals surface area contributed by atoms with Crippen LogP contribution in [0.5, 0.6) is 11.5 Å². The van der Waals surface area contributed by atoms with E-state index in [1.807, 2.05) is 48.5 Å². The summed E-state index contributed by atoms with van der Waals surface area (Å²) in [4.78, 5) is 27.9. The van der Waals surface area contributed by atoms with E-state index in [-0.39, 0.29) is 11.9 Å². The van der Waals surface area contributed by atoms with Crippen LogP contribution in [-0.2, 0) is 15.1 Å². The van der Waals surface area contributed by atoms with E-state index < -0.39 is 17.7 Å². The molecule has 7 nitrogen and oxygen atoms in total. The Hall–Kier alpha value is -3.06. The second-order valence-corrected chi connectivity index (χ2v) is 6.97. The average molecular weight is 382 g/mol. The van der Waals surface area contributed by atoms with Crippen molar-refractivity contribution in [3.05, 3.63) is 59.7 Å². The predicted octanol–water partition coefficient (Wildman–Crippen LogP) is 2.24. The Bertz CT molecular complexity index is 844. The number of urea groups is 1. The Labute approximate surface area is 163 Å². The van der Waals surface area contributed by atoms with Crippen LogP contribution in [0.25, 0.3) is 0 Å². The highest BCUT2D eigenvalue weighted by Crippen LogP contribution is 2.52. The van der Waals surface area contributed by atoms with E-state index in [2.05, 4.69) is 0 Å². The Morgan fingerprint density at radius 2 is 1.32 bits per heavy atom. The Kier molecular flexibility index (Phi) is 4.27. The quantitative estimate of drug-likeness (QED) is 0.811. The number of amides is 3. The van der Waals surface area contributed by atoms with E-state index in [4.69, 9.17) is 14.2 Å². The zero-order chi connectivity index (χ0) is 20.1. The number of likely N-dealkylation sites (N-methyl/N-ethyl adjacent to an activating group) is 2. The molecule has 2 aliphatic heterocycles. The molecule has 2 aromatic rings. The first kappa shape index (κ1) is 18.3. The second-order valence-electron chi connectivity index (χ2n) is 6.97. The normalized spacial score (nSPS) is 23.1. The van der Waals surface area contributed by atoms with Gasteiger partial charge in [-0.05, 0) is 35.4 Å². The summed E-state index contributed by atoms with van der Waals surface area (Å²) in [7, 11) is 6.38. The number of benzene rings is 2. The SMILES string of the molecule is COc1ccc(C2(c3ccc(OC)cc3)O[C@H]3C(=O)N(C)C(=O)N(C)[C@H]32)cc1. The molecule has 2 atom stereocenters. The molecule has 0 unspecified atom stereocenters. The van der Waals surface area contributed by atoms with E-state index in [9.17, 15) is 9.59 Å². The van der Waals surface area contributed by atoms with Crippen LogP contribution in [0.3, 0.4) is 0 Å². The molecule has 2 heterocycles. The minimum atomic E-state index is -0.954. The van der Waals surface area contributed by atoms with E-state index in [1.54, 1.807) is 26.2 Å². The van der Waals surface area contributed by atoms with Gasteiger partial charge >= 0.3 is 6.03 Å². The summed E-state index contributed by atoms with van der Waals surface area (Å²) in [6.45, 7) is 0. The van der Waals surface area contributed by atoms with Crippen molar-refractivity contribution in [3.8, 4) is 11.5 Å². The van der Waals surface area contributed by atoms with Gasteiger partial charge in [-0.3, -0.25) is 9.69 Å². The first-order valence-corrected chi connectivity index (χ1v) is 8.95. The van der Waals surface area contributed by atoms with Crippen molar-refractivity contribution in [3.63, 3.8) is 0 Å². The van der Waals surface area contributed by atoms with Gasteiger partial charge in [0, 0.05) is 14.1 Å². The molecule has 4 rings (SSSR count). The lowest BCUT2D eigenvalue weighted by Gasteiger charge is -2.60. The highest BCUT2D eigenvalue weighted by Gasteiger charge is 2.66. The fourth-order valence-corrected chi connectivity index (χ4v) is 4.10. The molecule has 28 heavy (non-hydrogen) atoms. The van der Waals surface area contributed by atoms with Gasteiger partial charge in [0.25, 0.3) is 5.91 Å². The Morgan fingerprint density at radius 3 is 1.75 bits per heavy atom. The number of carbonyl (C=O) groups excluding carboxylic acids is 2. The van der Waals surface area contributed by atoms with E-state index in [1.165, 1.54) is 7.05 Å². The fraction of sp³-hybridized carbons (Fsp3) is 0.333. The van der Waals surface area contributed by atoms with Gasteiger partial charge in [0.2, 0.25) is 0 Å². The average Bonchev–Trinajstić information content (AvgIpc) is 2.72. The van der Waals surface area contributed by atoms with Crippen molar-refractivity contribution >= 4 is 11.9 Å². The minimum Gasteiger partial charge on any atom is -0.497 e. The minimum absolute atomic E-state index is 0.328. The zero-order valence-electron chi connectivity index (χ0n) is 16.2. The molecule has 3 amide bonds. The molecular weight excluding hydrogens is 360 g/mol.